The van der Waals surface area contributed by atoms with Crippen molar-refractivity contribution in [2.24, 2.45) is 11.8 Å². The van der Waals surface area contributed by atoms with E-state index >= 15 is 0 Å². The zero-order valence-corrected chi connectivity index (χ0v) is 13.2. The summed E-state index contributed by atoms with van der Waals surface area (Å²) in [5.74, 6) is -0.392. The molecule has 3 unspecified atom stereocenters. The molecule has 4 nitrogen and oxygen atoms in total. The quantitative estimate of drug-likeness (QED) is 0.875. The molecule has 3 atom stereocenters. The largest absolute Gasteiger partial charge is 0.353 e. The van der Waals surface area contributed by atoms with E-state index in [9.17, 15) is 9.59 Å². The standard InChI is InChI=1S/C17H24N2O2/c1-5-11(3)18-16(20)13-9-14(13)17(21)19-15-8-6-7-10(2)12(15)4/h6-8,11,13-14H,5,9H2,1-4H3,(H,18,20)(H,19,21). The highest BCUT2D eigenvalue weighted by atomic mass is 16.2. The molecule has 1 fully saturated rings. The summed E-state index contributed by atoms with van der Waals surface area (Å²) in [5, 5.41) is 5.89. The van der Waals surface area contributed by atoms with Crippen molar-refractivity contribution in [2.75, 3.05) is 5.32 Å². The molecule has 4 heteroatoms. The summed E-state index contributed by atoms with van der Waals surface area (Å²) in [5.41, 5.74) is 3.06. The van der Waals surface area contributed by atoms with Crippen LogP contribution >= 0.6 is 0 Å². The third kappa shape index (κ3) is 3.63. The monoisotopic (exact) mass is 288 g/mol. The van der Waals surface area contributed by atoms with Crippen LogP contribution in [0, 0.1) is 25.7 Å². The minimum absolute atomic E-state index is 0.00506. The van der Waals surface area contributed by atoms with Crippen molar-refractivity contribution >= 4 is 17.5 Å². The van der Waals surface area contributed by atoms with Crippen molar-refractivity contribution < 1.29 is 9.59 Å². The van der Waals surface area contributed by atoms with Gasteiger partial charge in [0.15, 0.2) is 0 Å². The van der Waals surface area contributed by atoms with Gasteiger partial charge in [-0.1, -0.05) is 19.1 Å². The summed E-state index contributed by atoms with van der Waals surface area (Å²) in [7, 11) is 0. The maximum Gasteiger partial charge on any atom is 0.228 e. The molecule has 1 saturated carbocycles. The number of hydrogen-bond donors (Lipinski definition) is 2. The smallest absolute Gasteiger partial charge is 0.228 e. The Morgan fingerprint density at radius 3 is 2.57 bits per heavy atom. The lowest BCUT2D eigenvalue weighted by Crippen LogP contribution is -2.34. The lowest BCUT2D eigenvalue weighted by atomic mass is 10.1. The van der Waals surface area contributed by atoms with Crippen LogP contribution in [-0.2, 0) is 9.59 Å². The SMILES string of the molecule is CCC(C)NC(=O)C1CC1C(=O)Nc1cccc(C)c1C. The molecule has 0 bridgehead atoms. The number of benzene rings is 1. The van der Waals surface area contributed by atoms with Crippen molar-refractivity contribution in [3.63, 3.8) is 0 Å². The van der Waals surface area contributed by atoms with Gasteiger partial charge in [0.1, 0.15) is 0 Å². The molecule has 2 N–H and O–H groups in total. The molecule has 0 saturated heterocycles. The van der Waals surface area contributed by atoms with Crippen LogP contribution in [0.15, 0.2) is 18.2 Å². The van der Waals surface area contributed by atoms with Crippen LogP contribution in [0.5, 0.6) is 0 Å². The van der Waals surface area contributed by atoms with Crippen molar-refractivity contribution in [3.8, 4) is 0 Å². The highest BCUT2D eigenvalue weighted by Crippen LogP contribution is 2.39. The first-order chi connectivity index (χ1) is 9.93. The van der Waals surface area contributed by atoms with Crippen LogP contribution in [0.25, 0.3) is 0 Å². The van der Waals surface area contributed by atoms with Gasteiger partial charge in [-0.15, -0.1) is 0 Å². The molecule has 0 radical (unpaired) electrons. The summed E-state index contributed by atoms with van der Waals surface area (Å²) >= 11 is 0. The molecular formula is C17H24N2O2. The van der Waals surface area contributed by atoms with E-state index < -0.39 is 0 Å². The van der Waals surface area contributed by atoms with Gasteiger partial charge in [-0.3, -0.25) is 9.59 Å². The number of hydrogen-bond acceptors (Lipinski definition) is 2. The first-order valence-electron chi connectivity index (χ1n) is 7.61. The van der Waals surface area contributed by atoms with E-state index in [1.807, 2.05) is 45.9 Å². The molecule has 114 valence electrons. The fraction of sp³-hybridized carbons (Fsp3) is 0.529. The Bertz CT molecular complexity index is 554. The normalized spacial score (nSPS) is 21.5. The Hall–Kier alpha value is -1.84. The molecule has 1 aromatic carbocycles. The van der Waals surface area contributed by atoms with Crippen molar-refractivity contribution in [1.82, 2.24) is 5.32 Å². The molecule has 0 spiro atoms. The zero-order valence-electron chi connectivity index (χ0n) is 13.2. The van der Waals surface area contributed by atoms with Crippen molar-refractivity contribution in [3.05, 3.63) is 29.3 Å². The second-order valence-corrected chi connectivity index (χ2v) is 6.00. The van der Waals surface area contributed by atoms with E-state index in [1.54, 1.807) is 0 Å². The fourth-order valence-electron chi connectivity index (χ4n) is 2.34. The lowest BCUT2D eigenvalue weighted by molar-refractivity contribution is -0.125. The Morgan fingerprint density at radius 2 is 1.90 bits per heavy atom. The molecule has 2 rings (SSSR count). The summed E-state index contributed by atoms with van der Waals surface area (Å²) in [6.45, 7) is 8.02. The lowest BCUT2D eigenvalue weighted by Gasteiger charge is -2.12. The first kappa shape index (κ1) is 15.5. The van der Waals surface area contributed by atoms with Gasteiger partial charge in [0.05, 0.1) is 11.8 Å². The number of anilines is 1. The number of amides is 2. The van der Waals surface area contributed by atoms with Gasteiger partial charge in [-0.05, 0) is 50.8 Å². The highest BCUT2D eigenvalue weighted by molar-refractivity contribution is 6.00. The van der Waals surface area contributed by atoms with E-state index in [1.165, 1.54) is 0 Å². The van der Waals surface area contributed by atoms with Gasteiger partial charge in [0.2, 0.25) is 11.8 Å². The van der Waals surface area contributed by atoms with Gasteiger partial charge in [-0.25, -0.2) is 0 Å². The Labute approximate surface area is 126 Å². The van der Waals surface area contributed by atoms with Crippen molar-refractivity contribution in [2.45, 2.75) is 46.6 Å². The average Bonchev–Trinajstić information content (AvgIpc) is 3.24. The predicted octanol–water partition coefficient (Wildman–Crippen LogP) is 2.79. The summed E-state index contributed by atoms with van der Waals surface area (Å²) in [6, 6.07) is 6.01. The summed E-state index contributed by atoms with van der Waals surface area (Å²) in [6.07, 6.45) is 1.55. The molecule has 21 heavy (non-hydrogen) atoms. The molecule has 0 aromatic heterocycles. The van der Waals surface area contributed by atoms with E-state index in [-0.39, 0.29) is 29.7 Å². The Balaban J connectivity index is 1.92. The minimum atomic E-state index is -0.186. The topological polar surface area (TPSA) is 58.2 Å². The second-order valence-electron chi connectivity index (χ2n) is 6.00. The van der Waals surface area contributed by atoms with Crippen LogP contribution in [-0.4, -0.2) is 17.9 Å². The van der Waals surface area contributed by atoms with Gasteiger partial charge in [-0.2, -0.15) is 0 Å². The maximum absolute atomic E-state index is 12.2. The van der Waals surface area contributed by atoms with Crippen molar-refractivity contribution in [1.29, 1.82) is 0 Å². The third-order valence-corrected chi connectivity index (χ3v) is 4.33. The first-order valence-corrected chi connectivity index (χ1v) is 7.61. The van der Waals surface area contributed by atoms with Crippen LogP contribution in [0.1, 0.15) is 37.8 Å². The minimum Gasteiger partial charge on any atom is -0.353 e. The van der Waals surface area contributed by atoms with Crippen LogP contribution in [0.4, 0.5) is 5.69 Å². The maximum atomic E-state index is 12.2. The van der Waals surface area contributed by atoms with Gasteiger partial charge in [0, 0.05) is 11.7 Å². The molecule has 2 amide bonds. The average molecular weight is 288 g/mol. The van der Waals surface area contributed by atoms with Gasteiger partial charge < -0.3 is 10.6 Å². The van der Waals surface area contributed by atoms with E-state index in [0.717, 1.165) is 23.2 Å². The molecular weight excluding hydrogens is 264 g/mol. The second kappa shape index (κ2) is 6.29. The van der Waals surface area contributed by atoms with Crippen LogP contribution < -0.4 is 10.6 Å². The Kier molecular flexibility index (Phi) is 4.66. The summed E-state index contributed by atoms with van der Waals surface area (Å²) < 4.78 is 0. The van der Waals surface area contributed by atoms with Gasteiger partial charge >= 0.3 is 0 Å². The number of nitrogens with one attached hydrogen (secondary N) is 2. The molecule has 1 aromatic rings. The van der Waals surface area contributed by atoms with Crippen LogP contribution in [0.3, 0.4) is 0 Å². The molecule has 1 aliphatic rings. The van der Waals surface area contributed by atoms with Gasteiger partial charge in [0.25, 0.3) is 0 Å². The zero-order chi connectivity index (χ0) is 15.6. The Morgan fingerprint density at radius 1 is 1.24 bits per heavy atom. The number of carbonyl (C=O) groups excluding carboxylic acids is 2. The fourth-order valence-corrected chi connectivity index (χ4v) is 2.34. The molecule has 1 aliphatic carbocycles. The number of carbonyl (C=O) groups is 2. The highest BCUT2D eigenvalue weighted by Gasteiger charge is 2.48. The predicted molar refractivity (Wildman–Crippen MR) is 84.0 cm³/mol. The van der Waals surface area contributed by atoms with E-state index in [0.29, 0.717) is 6.42 Å². The van der Waals surface area contributed by atoms with E-state index in [2.05, 4.69) is 10.6 Å². The van der Waals surface area contributed by atoms with Crippen LogP contribution in [0.2, 0.25) is 0 Å². The third-order valence-electron chi connectivity index (χ3n) is 4.33. The number of rotatable bonds is 5. The molecule has 0 aliphatic heterocycles. The number of aryl methyl sites for hydroxylation is 1. The molecule has 0 heterocycles. The van der Waals surface area contributed by atoms with E-state index in [4.69, 9.17) is 0 Å². The summed E-state index contributed by atoms with van der Waals surface area (Å²) in [4.78, 5) is 24.2.